The van der Waals surface area contributed by atoms with E-state index in [9.17, 15) is 0 Å². The lowest BCUT2D eigenvalue weighted by molar-refractivity contribution is -0.123. The van der Waals surface area contributed by atoms with Crippen LogP contribution in [0.25, 0.3) is 0 Å². The van der Waals surface area contributed by atoms with E-state index >= 15 is 0 Å². The molecule has 0 aromatic heterocycles. The van der Waals surface area contributed by atoms with E-state index in [0.717, 1.165) is 7.11 Å². The summed E-state index contributed by atoms with van der Waals surface area (Å²) in [5.41, 5.74) is 0. The maximum atomic E-state index is 8.36. The van der Waals surface area contributed by atoms with Gasteiger partial charge in [-0.3, -0.25) is 9.59 Å². The Bertz CT molecular complexity index is 28.7. The SMILES string of the molecule is CO.O=CO.O=CO. The highest BCUT2D eigenvalue weighted by atomic mass is 16.3. The van der Waals surface area contributed by atoms with Crippen LogP contribution in [0.15, 0.2) is 0 Å². The minimum atomic E-state index is -0.250. The van der Waals surface area contributed by atoms with Gasteiger partial charge in [0.2, 0.25) is 0 Å². The number of carbonyl (C=O) groups is 2. The van der Waals surface area contributed by atoms with Crippen LogP contribution in [0.1, 0.15) is 0 Å². The van der Waals surface area contributed by atoms with Crippen LogP contribution in [-0.4, -0.2) is 35.4 Å². The molecular weight excluding hydrogens is 116 g/mol. The molecule has 0 atom stereocenters. The molecular formula is C3H8O5. The van der Waals surface area contributed by atoms with Gasteiger partial charge in [-0.15, -0.1) is 0 Å². The van der Waals surface area contributed by atoms with E-state index < -0.39 is 0 Å². The monoisotopic (exact) mass is 124 g/mol. The van der Waals surface area contributed by atoms with Gasteiger partial charge >= 0.3 is 0 Å². The van der Waals surface area contributed by atoms with Gasteiger partial charge in [0.15, 0.2) is 0 Å². The summed E-state index contributed by atoms with van der Waals surface area (Å²) >= 11 is 0. The van der Waals surface area contributed by atoms with E-state index in [4.69, 9.17) is 24.9 Å². The fraction of sp³-hybridized carbons (Fsp3) is 0.333. The van der Waals surface area contributed by atoms with Crippen LogP contribution in [0.5, 0.6) is 0 Å². The van der Waals surface area contributed by atoms with Crippen molar-refractivity contribution in [2.75, 3.05) is 7.11 Å². The van der Waals surface area contributed by atoms with E-state index in [1.807, 2.05) is 0 Å². The molecule has 0 aliphatic heterocycles. The summed E-state index contributed by atoms with van der Waals surface area (Å²) in [6.45, 7) is -0.500. The van der Waals surface area contributed by atoms with E-state index in [1.165, 1.54) is 0 Å². The molecule has 5 heteroatoms. The van der Waals surface area contributed by atoms with Crippen molar-refractivity contribution in [2.24, 2.45) is 0 Å². The van der Waals surface area contributed by atoms with Crippen LogP contribution in [0.4, 0.5) is 0 Å². The highest BCUT2D eigenvalue weighted by Gasteiger charge is 1.22. The lowest BCUT2D eigenvalue weighted by Gasteiger charge is -1.34. The number of rotatable bonds is 0. The first-order chi connectivity index (χ1) is 3.83. The Balaban J connectivity index is -0.0000000483. The first-order valence-electron chi connectivity index (χ1n) is 1.44. The van der Waals surface area contributed by atoms with Gasteiger partial charge in [-0.05, 0) is 0 Å². The second kappa shape index (κ2) is 175. The molecule has 0 fully saturated rings. The Morgan fingerprint density at radius 1 is 1.00 bits per heavy atom. The molecule has 0 saturated heterocycles. The predicted octanol–water partition coefficient (Wildman–Crippen LogP) is -0.990. The van der Waals surface area contributed by atoms with Crippen LogP contribution >= 0.6 is 0 Å². The zero-order valence-electron chi connectivity index (χ0n) is 4.31. The Kier molecular flexibility index (Phi) is 345. The van der Waals surface area contributed by atoms with E-state index in [0.29, 0.717) is 0 Å². The van der Waals surface area contributed by atoms with Crippen molar-refractivity contribution >= 4 is 12.9 Å². The number of aliphatic hydroxyl groups is 1. The highest BCUT2D eigenvalue weighted by molar-refractivity contribution is 5.32. The van der Waals surface area contributed by atoms with Gasteiger partial charge in [0.05, 0.1) is 0 Å². The second-order valence-electron chi connectivity index (χ2n) is 0.211. The lowest BCUT2D eigenvalue weighted by Crippen LogP contribution is -1.49. The number of carboxylic acid groups (broad SMARTS) is 2. The molecule has 3 N–H and O–H groups in total. The third-order valence-corrected chi connectivity index (χ3v) is 0. The van der Waals surface area contributed by atoms with Gasteiger partial charge in [0.1, 0.15) is 0 Å². The Hall–Kier alpha value is -1.10. The van der Waals surface area contributed by atoms with Gasteiger partial charge in [0, 0.05) is 7.11 Å². The van der Waals surface area contributed by atoms with E-state index in [1.54, 1.807) is 0 Å². The molecule has 0 aliphatic carbocycles. The smallest absolute Gasteiger partial charge is 0.290 e. The molecule has 0 aromatic rings. The maximum Gasteiger partial charge on any atom is 0.290 e. The van der Waals surface area contributed by atoms with Gasteiger partial charge in [-0.25, -0.2) is 0 Å². The molecule has 0 amide bonds. The summed E-state index contributed by atoms with van der Waals surface area (Å²) in [5, 5.41) is 20.8. The van der Waals surface area contributed by atoms with Crippen molar-refractivity contribution in [3.63, 3.8) is 0 Å². The van der Waals surface area contributed by atoms with Crippen molar-refractivity contribution in [3.05, 3.63) is 0 Å². The average Bonchev–Trinajstić information content (AvgIpc) is 1.75. The van der Waals surface area contributed by atoms with Crippen LogP contribution in [-0.2, 0) is 9.59 Å². The molecule has 0 heterocycles. The van der Waals surface area contributed by atoms with Gasteiger partial charge < -0.3 is 15.3 Å². The first-order valence-corrected chi connectivity index (χ1v) is 1.44. The molecule has 0 aliphatic rings. The van der Waals surface area contributed by atoms with Crippen molar-refractivity contribution in [3.8, 4) is 0 Å². The lowest BCUT2D eigenvalue weighted by atomic mass is 11.7. The van der Waals surface area contributed by atoms with Crippen molar-refractivity contribution in [2.45, 2.75) is 0 Å². The minimum absolute atomic E-state index is 0.250. The predicted molar refractivity (Wildman–Crippen MR) is 25.5 cm³/mol. The van der Waals surface area contributed by atoms with Crippen LogP contribution in [0.2, 0.25) is 0 Å². The zero-order chi connectivity index (χ0) is 7.41. The van der Waals surface area contributed by atoms with Crippen LogP contribution in [0, 0.1) is 0 Å². The molecule has 0 unspecified atom stereocenters. The largest absolute Gasteiger partial charge is 0.483 e. The molecule has 8 heavy (non-hydrogen) atoms. The normalized spacial score (nSPS) is 3.75. The maximum absolute atomic E-state index is 8.36. The summed E-state index contributed by atoms with van der Waals surface area (Å²) in [7, 11) is 1.00. The summed E-state index contributed by atoms with van der Waals surface area (Å²) in [4.78, 5) is 16.7. The second-order valence-corrected chi connectivity index (χ2v) is 0.211. The molecule has 0 bridgehead atoms. The fourth-order valence-corrected chi connectivity index (χ4v) is 0. The molecule has 0 spiro atoms. The van der Waals surface area contributed by atoms with E-state index in [-0.39, 0.29) is 12.9 Å². The highest BCUT2D eigenvalue weighted by Crippen LogP contribution is 0.969. The molecule has 5 nitrogen and oxygen atoms in total. The van der Waals surface area contributed by atoms with Crippen molar-refractivity contribution < 1.29 is 24.9 Å². The first kappa shape index (κ1) is 15.8. The van der Waals surface area contributed by atoms with Gasteiger partial charge in [-0.1, -0.05) is 0 Å². The summed E-state index contributed by atoms with van der Waals surface area (Å²) in [6.07, 6.45) is 0. The van der Waals surface area contributed by atoms with E-state index in [2.05, 4.69) is 0 Å². The quantitative estimate of drug-likeness (QED) is 0.360. The van der Waals surface area contributed by atoms with Crippen LogP contribution in [0.3, 0.4) is 0 Å². The molecule has 0 rings (SSSR count). The Morgan fingerprint density at radius 2 is 1.00 bits per heavy atom. The summed E-state index contributed by atoms with van der Waals surface area (Å²) < 4.78 is 0. The molecule has 0 saturated carbocycles. The number of aliphatic hydroxyl groups excluding tert-OH is 1. The van der Waals surface area contributed by atoms with Gasteiger partial charge in [0.25, 0.3) is 12.9 Å². The van der Waals surface area contributed by atoms with Crippen molar-refractivity contribution in [1.29, 1.82) is 0 Å². The fourth-order valence-electron chi connectivity index (χ4n) is 0. The Labute approximate surface area is 46.2 Å². The number of hydrogen-bond acceptors (Lipinski definition) is 3. The van der Waals surface area contributed by atoms with Gasteiger partial charge in [-0.2, -0.15) is 0 Å². The molecule has 0 radical (unpaired) electrons. The molecule has 50 valence electrons. The van der Waals surface area contributed by atoms with Crippen molar-refractivity contribution in [1.82, 2.24) is 0 Å². The van der Waals surface area contributed by atoms with Crippen LogP contribution < -0.4 is 0 Å². The topological polar surface area (TPSA) is 94.8 Å². The standard InChI is InChI=1S/2CH2O2.CH4O/c2*2-1-3;1-2/h2*1H,(H,2,3);2H,1H3. The third-order valence-electron chi connectivity index (χ3n) is 0. The summed E-state index contributed by atoms with van der Waals surface area (Å²) in [6, 6.07) is 0. The summed E-state index contributed by atoms with van der Waals surface area (Å²) in [5.74, 6) is 0. The number of hydrogen-bond donors (Lipinski definition) is 3. The third kappa shape index (κ3) is 61.6. The average molecular weight is 124 g/mol. The minimum Gasteiger partial charge on any atom is -0.483 e. The Morgan fingerprint density at radius 3 is 1.00 bits per heavy atom. The zero-order valence-corrected chi connectivity index (χ0v) is 4.31. The molecule has 0 aromatic carbocycles.